The zero-order valence-electron chi connectivity index (χ0n) is 23.7. The molecule has 0 saturated carbocycles. The quantitative estimate of drug-likeness (QED) is 0.323. The molecule has 3 aromatic carbocycles. The van der Waals surface area contributed by atoms with E-state index in [4.69, 9.17) is 0 Å². The number of sulfonamides is 1. The number of alkyl halides is 3. The number of rotatable bonds is 10. The highest BCUT2D eigenvalue weighted by atomic mass is 32.2. The normalized spacial score (nSPS) is 12.9. The van der Waals surface area contributed by atoms with Crippen molar-refractivity contribution >= 4 is 27.5 Å². The standard InChI is InChI=1S/C30H33F4N3O4S/c1-29(2,3)35-28(39)26(17-21-9-6-5-7-10-21)36(19-22-13-15-24(31)16-14-22)27(38)20-37(42(4,40)41)25-12-8-11-23(18-25)30(32,33)34/h5-16,18,26H,17,19-20H2,1-4H3,(H,35,39). The van der Waals surface area contributed by atoms with Gasteiger partial charge in [0.25, 0.3) is 0 Å². The smallest absolute Gasteiger partial charge is 0.350 e. The summed E-state index contributed by atoms with van der Waals surface area (Å²) >= 11 is 0. The van der Waals surface area contributed by atoms with E-state index in [1.807, 2.05) is 0 Å². The van der Waals surface area contributed by atoms with Crippen molar-refractivity contribution in [3.05, 3.63) is 101 Å². The van der Waals surface area contributed by atoms with Crippen molar-refractivity contribution in [1.82, 2.24) is 10.2 Å². The summed E-state index contributed by atoms with van der Waals surface area (Å²) < 4.78 is 80.0. The molecule has 0 fully saturated rings. The fraction of sp³-hybridized carbons (Fsp3) is 0.333. The molecular weight excluding hydrogens is 574 g/mol. The Balaban J connectivity index is 2.09. The number of anilines is 1. The third-order valence-electron chi connectivity index (χ3n) is 6.18. The van der Waals surface area contributed by atoms with Gasteiger partial charge in [-0.05, 0) is 62.2 Å². The van der Waals surface area contributed by atoms with Gasteiger partial charge in [0.15, 0.2) is 0 Å². The molecule has 0 bridgehead atoms. The number of benzene rings is 3. The molecule has 42 heavy (non-hydrogen) atoms. The van der Waals surface area contributed by atoms with Gasteiger partial charge in [0, 0.05) is 18.5 Å². The van der Waals surface area contributed by atoms with Gasteiger partial charge in [0.1, 0.15) is 18.4 Å². The monoisotopic (exact) mass is 607 g/mol. The molecule has 3 rings (SSSR count). The van der Waals surface area contributed by atoms with Crippen LogP contribution in [-0.2, 0) is 38.8 Å². The molecule has 0 saturated heterocycles. The number of nitrogens with one attached hydrogen (secondary N) is 1. The molecule has 2 amide bonds. The number of amides is 2. The minimum Gasteiger partial charge on any atom is -0.350 e. The summed E-state index contributed by atoms with van der Waals surface area (Å²) in [6.45, 7) is 4.20. The number of carbonyl (C=O) groups excluding carboxylic acids is 2. The lowest BCUT2D eigenvalue weighted by Gasteiger charge is -2.35. The van der Waals surface area contributed by atoms with Crippen molar-refractivity contribution in [2.75, 3.05) is 17.1 Å². The zero-order chi connectivity index (χ0) is 31.3. The number of nitrogens with zero attached hydrogens (tertiary/aromatic N) is 2. The molecule has 12 heteroatoms. The van der Waals surface area contributed by atoms with Crippen molar-refractivity contribution in [3.63, 3.8) is 0 Å². The van der Waals surface area contributed by atoms with E-state index < -0.39 is 57.5 Å². The lowest BCUT2D eigenvalue weighted by atomic mass is 10.0. The van der Waals surface area contributed by atoms with Crippen molar-refractivity contribution in [3.8, 4) is 0 Å². The second-order valence-corrected chi connectivity index (χ2v) is 12.8. The topological polar surface area (TPSA) is 86.8 Å². The molecule has 1 N–H and O–H groups in total. The van der Waals surface area contributed by atoms with Crippen molar-refractivity contribution in [2.24, 2.45) is 0 Å². The Morgan fingerprint density at radius 3 is 2.05 bits per heavy atom. The second-order valence-electron chi connectivity index (χ2n) is 10.9. The molecule has 0 aromatic heterocycles. The van der Waals surface area contributed by atoms with Crippen LogP contribution in [0.25, 0.3) is 0 Å². The third kappa shape index (κ3) is 9.30. The first kappa shape index (κ1) is 32.6. The average Bonchev–Trinajstić information content (AvgIpc) is 2.88. The van der Waals surface area contributed by atoms with Gasteiger partial charge in [0.05, 0.1) is 17.5 Å². The Morgan fingerprint density at radius 2 is 1.50 bits per heavy atom. The average molecular weight is 608 g/mol. The highest BCUT2D eigenvalue weighted by Gasteiger charge is 2.35. The van der Waals surface area contributed by atoms with Crippen molar-refractivity contribution < 1.29 is 35.6 Å². The fourth-order valence-electron chi connectivity index (χ4n) is 4.24. The highest BCUT2D eigenvalue weighted by Crippen LogP contribution is 2.32. The predicted octanol–water partition coefficient (Wildman–Crippen LogP) is 5.17. The van der Waals surface area contributed by atoms with Crippen molar-refractivity contribution in [2.45, 2.75) is 51.5 Å². The van der Waals surface area contributed by atoms with E-state index in [2.05, 4.69) is 5.32 Å². The Hall–Kier alpha value is -3.93. The zero-order valence-corrected chi connectivity index (χ0v) is 24.5. The maximum Gasteiger partial charge on any atom is 0.416 e. The summed E-state index contributed by atoms with van der Waals surface area (Å²) in [5.74, 6) is -1.88. The molecule has 0 spiro atoms. The molecule has 0 aliphatic rings. The molecule has 226 valence electrons. The number of hydrogen-bond acceptors (Lipinski definition) is 4. The summed E-state index contributed by atoms with van der Waals surface area (Å²) in [7, 11) is -4.25. The van der Waals surface area contributed by atoms with Crippen molar-refractivity contribution in [1.29, 1.82) is 0 Å². The molecule has 0 aliphatic carbocycles. The van der Waals surface area contributed by atoms with Crippen LogP contribution < -0.4 is 9.62 Å². The van der Waals surface area contributed by atoms with E-state index in [9.17, 15) is 35.6 Å². The lowest BCUT2D eigenvalue weighted by Crippen LogP contribution is -2.56. The molecule has 7 nitrogen and oxygen atoms in total. The maximum atomic E-state index is 14.0. The number of hydrogen-bond donors (Lipinski definition) is 1. The van der Waals surface area contributed by atoms with E-state index in [0.29, 0.717) is 21.5 Å². The van der Waals surface area contributed by atoms with Gasteiger partial charge in [-0.1, -0.05) is 48.5 Å². The molecule has 3 aromatic rings. The summed E-state index contributed by atoms with van der Waals surface area (Å²) in [6.07, 6.45) is -3.92. The Morgan fingerprint density at radius 1 is 0.881 bits per heavy atom. The van der Waals surface area contributed by atoms with Gasteiger partial charge in [-0.15, -0.1) is 0 Å². The van der Waals surface area contributed by atoms with Gasteiger partial charge in [-0.25, -0.2) is 12.8 Å². The van der Waals surface area contributed by atoms with E-state index in [1.165, 1.54) is 29.2 Å². The summed E-state index contributed by atoms with van der Waals surface area (Å²) in [6, 6.07) is 16.6. The van der Waals surface area contributed by atoms with Crippen LogP contribution in [0.2, 0.25) is 0 Å². The summed E-state index contributed by atoms with van der Waals surface area (Å²) in [5.41, 5.74) is -0.970. The second kappa shape index (κ2) is 12.9. The minimum absolute atomic E-state index is 0.0537. The Bertz CT molecular complexity index is 1490. The Kier molecular flexibility index (Phi) is 10.0. The van der Waals surface area contributed by atoms with Crippen LogP contribution in [0.15, 0.2) is 78.9 Å². The third-order valence-corrected chi connectivity index (χ3v) is 7.32. The van der Waals surface area contributed by atoms with Crippen LogP contribution in [0.4, 0.5) is 23.2 Å². The molecule has 0 heterocycles. The van der Waals surface area contributed by atoms with Crippen LogP contribution in [0.1, 0.15) is 37.5 Å². The van der Waals surface area contributed by atoms with Crippen LogP contribution in [-0.4, -0.2) is 49.5 Å². The van der Waals surface area contributed by atoms with Gasteiger partial charge in [0.2, 0.25) is 21.8 Å². The van der Waals surface area contributed by atoms with E-state index in [0.717, 1.165) is 24.5 Å². The van der Waals surface area contributed by atoms with Gasteiger partial charge in [-0.3, -0.25) is 13.9 Å². The van der Waals surface area contributed by atoms with Gasteiger partial charge < -0.3 is 10.2 Å². The summed E-state index contributed by atoms with van der Waals surface area (Å²) in [4.78, 5) is 28.8. The highest BCUT2D eigenvalue weighted by molar-refractivity contribution is 7.92. The first-order chi connectivity index (χ1) is 19.4. The molecular formula is C30H33F4N3O4S. The molecule has 1 unspecified atom stereocenters. The van der Waals surface area contributed by atoms with Crippen LogP contribution in [0, 0.1) is 5.82 Å². The first-order valence-corrected chi connectivity index (χ1v) is 14.8. The largest absolute Gasteiger partial charge is 0.416 e. The molecule has 1 atom stereocenters. The number of carbonyl (C=O) groups is 2. The Labute approximate surface area is 243 Å². The maximum absolute atomic E-state index is 14.0. The summed E-state index contributed by atoms with van der Waals surface area (Å²) in [5, 5.41) is 2.86. The van der Waals surface area contributed by atoms with Gasteiger partial charge >= 0.3 is 6.18 Å². The fourth-order valence-corrected chi connectivity index (χ4v) is 5.09. The first-order valence-electron chi connectivity index (χ1n) is 13.0. The van der Waals surface area contributed by atoms with Crippen LogP contribution in [0.3, 0.4) is 0 Å². The van der Waals surface area contributed by atoms with E-state index in [-0.39, 0.29) is 18.7 Å². The minimum atomic E-state index is -4.75. The molecule has 0 aliphatic heterocycles. The molecule has 0 radical (unpaired) electrons. The predicted molar refractivity (Wildman–Crippen MR) is 152 cm³/mol. The van der Waals surface area contributed by atoms with E-state index in [1.54, 1.807) is 51.1 Å². The SMILES string of the molecule is CC(C)(C)NC(=O)C(Cc1ccccc1)N(Cc1ccc(F)cc1)C(=O)CN(c1cccc(C(F)(F)F)c1)S(C)(=O)=O. The van der Waals surface area contributed by atoms with Gasteiger partial charge in [-0.2, -0.15) is 13.2 Å². The lowest BCUT2D eigenvalue weighted by molar-refractivity contribution is -0.140. The van der Waals surface area contributed by atoms with Crippen LogP contribution in [0.5, 0.6) is 0 Å². The van der Waals surface area contributed by atoms with Crippen LogP contribution >= 0.6 is 0 Å². The number of halogens is 4. The van der Waals surface area contributed by atoms with E-state index >= 15 is 0 Å².